The van der Waals surface area contributed by atoms with E-state index in [0.29, 0.717) is 25.9 Å². The SMILES string of the molecule is Cc1cnn(CCC(=O)N(C)CCCC(=O)O)c1. The largest absolute Gasteiger partial charge is 0.481 e. The third-order valence-electron chi connectivity index (χ3n) is 2.63. The molecule has 6 heteroatoms. The van der Waals surface area contributed by atoms with Gasteiger partial charge in [0.2, 0.25) is 5.91 Å². The number of hydrogen-bond donors (Lipinski definition) is 1. The molecule has 0 spiro atoms. The lowest BCUT2D eigenvalue weighted by atomic mass is 10.3. The van der Waals surface area contributed by atoms with Crippen LogP contribution in [-0.2, 0) is 16.1 Å². The lowest BCUT2D eigenvalue weighted by Crippen LogP contribution is -2.28. The predicted molar refractivity (Wildman–Crippen MR) is 66.1 cm³/mol. The van der Waals surface area contributed by atoms with Crippen molar-refractivity contribution in [3.63, 3.8) is 0 Å². The van der Waals surface area contributed by atoms with Gasteiger partial charge >= 0.3 is 5.97 Å². The number of aryl methyl sites for hydroxylation is 2. The molecule has 100 valence electrons. The fourth-order valence-corrected chi connectivity index (χ4v) is 1.58. The molecule has 0 bridgehead atoms. The van der Waals surface area contributed by atoms with Gasteiger partial charge in [0.25, 0.3) is 0 Å². The lowest BCUT2D eigenvalue weighted by molar-refractivity contribution is -0.138. The number of carbonyl (C=O) groups is 2. The number of aliphatic carboxylic acids is 1. The molecule has 0 aliphatic heterocycles. The van der Waals surface area contributed by atoms with E-state index < -0.39 is 5.97 Å². The van der Waals surface area contributed by atoms with E-state index in [1.807, 2.05) is 13.1 Å². The summed E-state index contributed by atoms with van der Waals surface area (Å²) in [6.45, 7) is 2.97. The molecule has 1 rings (SSSR count). The van der Waals surface area contributed by atoms with Crippen LogP contribution in [0.5, 0.6) is 0 Å². The monoisotopic (exact) mass is 253 g/mol. The van der Waals surface area contributed by atoms with E-state index in [-0.39, 0.29) is 12.3 Å². The molecule has 1 heterocycles. The molecule has 0 saturated carbocycles. The molecule has 1 aromatic heterocycles. The van der Waals surface area contributed by atoms with Gasteiger partial charge in [0.05, 0.1) is 6.20 Å². The van der Waals surface area contributed by atoms with E-state index in [1.54, 1.807) is 22.8 Å². The minimum absolute atomic E-state index is 0.00791. The Balaban J connectivity index is 2.25. The van der Waals surface area contributed by atoms with Crippen molar-refractivity contribution in [2.24, 2.45) is 0 Å². The van der Waals surface area contributed by atoms with Crippen LogP contribution >= 0.6 is 0 Å². The maximum absolute atomic E-state index is 11.7. The molecule has 6 nitrogen and oxygen atoms in total. The zero-order chi connectivity index (χ0) is 13.5. The summed E-state index contributed by atoms with van der Waals surface area (Å²) in [5, 5.41) is 12.6. The molecule has 1 N–H and O–H groups in total. The van der Waals surface area contributed by atoms with Gasteiger partial charge in [0, 0.05) is 39.2 Å². The maximum atomic E-state index is 11.7. The van der Waals surface area contributed by atoms with Crippen molar-refractivity contribution >= 4 is 11.9 Å². The highest BCUT2D eigenvalue weighted by molar-refractivity contribution is 5.75. The molecule has 1 amide bonds. The van der Waals surface area contributed by atoms with Crippen LogP contribution in [0.1, 0.15) is 24.8 Å². The molecular weight excluding hydrogens is 234 g/mol. The maximum Gasteiger partial charge on any atom is 0.303 e. The first kappa shape index (κ1) is 14.2. The standard InChI is InChI=1S/C12H19N3O3/c1-10-8-13-15(9-10)7-5-11(16)14(2)6-3-4-12(17)18/h8-9H,3-7H2,1-2H3,(H,17,18). The van der Waals surface area contributed by atoms with Crippen LogP contribution in [0.4, 0.5) is 0 Å². The summed E-state index contributed by atoms with van der Waals surface area (Å²) in [7, 11) is 1.69. The molecule has 0 aromatic carbocycles. The fraction of sp³-hybridized carbons (Fsp3) is 0.583. The van der Waals surface area contributed by atoms with Gasteiger partial charge in [0.1, 0.15) is 0 Å². The fourth-order valence-electron chi connectivity index (χ4n) is 1.58. The zero-order valence-electron chi connectivity index (χ0n) is 10.8. The highest BCUT2D eigenvalue weighted by atomic mass is 16.4. The van der Waals surface area contributed by atoms with E-state index in [2.05, 4.69) is 5.10 Å². The molecule has 1 aromatic rings. The zero-order valence-corrected chi connectivity index (χ0v) is 10.8. The van der Waals surface area contributed by atoms with Crippen molar-refractivity contribution in [1.29, 1.82) is 0 Å². The summed E-state index contributed by atoms with van der Waals surface area (Å²) in [6.07, 6.45) is 4.60. The summed E-state index contributed by atoms with van der Waals surface area (Å²) < 4.78 is 1.73. The first-order valence-corrected chi connectivity index (χ1v) is 5.94. The molecule has 0 unspecified atom stereocenters. The quantitative estimate of drug-likeness (QED) is 0.783. The number of carboxylic acids is 1. The molecule has 0 atom stereocenters. The van der Waals surface area contributed by atoms with E-state index in [0.717, 1.165) is 5.56 Å². The van der Waals surface area contributed by atoms with Gasteiger partial charge in [-0.1, -0.05) is 0 Å². The lowest BCUT2D eigenvalue weighted by Gasteiger charge is -2.16. The van der Waals surface area contributed by atoms with Crippen molar-refractivity contribution < 1.29 is 14.7 Å². The van der Waals surface area contributed by atoms with Gasteiger partial charge < -0.3 is 10.0 Å². The summed E-state index contributed by atoms with van der Waals surface area (Å²) >= 11 is 0. The predicted octanol–water partition coefficient (Wildman–Crippen LogP) is 0.905. The van der Waals surface area contributed by atoms with Crippen molar-refractivity contribution in [3.05, 3.63) is 18.0 Å². The molecule has 0 saturated heterocycles. The van der Waals surface area contributed by atoms with Gasteiger partial charge in [-0.05, 0) is 18.9 Å². The van der Waals surface area contributed by atoms with Crippen LogP contribution in [0.25, 0.3) is 0 Å². The topological polar surface area (TPSA) is 75.4 Å². The Morgan fingerprint density at radius 1 is 1.44 bits per heavy atom. The van der Waals surface area contributed by atoms with Crippen LogP contribution in [0, 0.1) is 6.92 Å². The normalized spacial score (nSPS) is 10.3. The first-order valence-electron chi connectivity index (χ1n) is 5.94. The minimum Gasteiger partial charge on any atom is -0.481 e. The van der Waals surface area contributed by atoms with E-state index in [1.165, 1.54) is 0 Å². The Bertz CT molecular complexity index is 414. The smallest absolute Gasteiger partial charge is 0.303 e. The number of amides is 1. The number of hydrogen-bond acceptors (Lipinski definition) is 3. The second-order valence-electron chi connectivity index (χ2n) is 4.34. The van der Waals surface area contributed by atoms with Gasteiger partial charge in [-0.25, -0.2) is 0 Å². The van der Waals surface area contributed by atoms with Crippen molar-refractivity contribution in [3.8, 4) is 0 Å². The first-order chi connectivity index (χ1) is 8.49. The van der Waals surface area contributed by atoms with Gasteiger partial charge in [-0.15, -0.1) is 0 Å². The van der Waals surface area contributed by atoms with E-state index >= 15 is 0 Å². The van der Waals surface area contributed by atoms with Crippen LogP contribution < -0.4 is 0 Å². The molecule has 0 aliphatic rings. The second kappa shape index (κ2) is 6.78. The summed E-state index contributed by atoms with van der Waals surface area (Å²) in [6, 6.07) is 0. The molecule has 0 radical (unpaired) electrons. The van der Waals surface area contributed by atoms with Gasteiger partial charge in [0.15, 0.2) is 0 Å². The molecule has 18 heavy (non-hydrogen) atoms. The average Bonchev–Trinajstić information content (AvgIpc) is 2.71. The van der Waals surface area contributed by atoms with Crippen LogP contribution in [0.3, 0.4) is 0 Å². The van der Waals surface area contributed by atoms with Crippen molar-refractivity contribution in [2.75, 3.05) is 13.6 Å². The van der Waals surface area contributed by atoms with E-state index in [9.17, 15) is 9.59 Å². The third kappa shape index (κ3) is 4.99. The number of carbonyl (C=O) groups excluding carboxylic acids is 1. The Kier molecular flexibility index (Phi) is 5.35. The Morgan fingerprint density at radius 3 is 2.72 bits per heavy atom. The summed E-state index contributed by atoms with van der Waals surface area (Å²) in [5.74, 6) is -0.823. The number of aromatic nitrogens is 2. The van der Waals surface area contributed by atoms with Gasteiger partial charge in [-0.3, -0.25) is 14.3 Å². The minimum atomic E-state index is -0.831. The molecule has 0 fully saturated rings. The van der Waals surface area contributed by atoms with Gasteiger partial charge in [-0.2, -0.15) is 5.10 Å². The summed E-state index contributed by atoms with van der Waals surface area (Å²) in [4.78, 5) is 23.7. The van der Waals surface area contributed by atoms with Crippen LogP contribution in [-0.4, -0.2) is 45.3 Å². The average molecular weight is 253 g/mol. The second-order valence-corrected chi connectivity index (χ2v) is 4.34. The molecule has 0 aliphatic carbocycles. The van der Waals surface area contributed by atoms with Crippen molar-refractivity contribution in [2.45, 2.75) is 32.7 Å². The third-order valence-corrected chi connectivity index (χ3v) is 2.63. The molecular formula is C12H19N3O3. The van der Waals surface area contributed by atoms with Crippen LogP contribution in [0.2, 0.25) is 0 Å². The van der Waals surface area contributed by atoms with E-state index in [4.69, 9.17) is 5.11 Å². The van der Waals surface area contributed by atoms with Crippen molar-refractivity contribution in [1.82, 2.24) is 14.7 Å². The highest BCUT2D eigenvalue weighted by Crippen LogP contribution is 2.00. The Hall–Kier alpha value is -1.85. The van der Waals surface area contributed by atoms with Crippen LogP contribution in [0.15, 0.2) is 12.4 Å². The Labute approximate surface area is 106 Å². The highest BCUT2D eigenvalue weighted by Gasteiger charge is 2.09. The summed E-state index contributed by atoms with van der Waals surface area (Å²) in [5.41, 5.74) is 1.07. The number of carboxylic acid groups (broad SMARTS) is 1. The Morgan fingerprint density at radius 2 is 2.17 bits per heavy atom. The number of nitrogens with zero attached hydrogens (tertiary/aromatic N) is 3. The number of rotatable bonds is 7.